The highest BCUT2D eigenvalue weighted by Crippen LogP contribution is 2.11. The van der Waals surface area contributed by atoms with Crippen molar-refractivity contribution in [2.75, 3.05) is 33.4 Å². The van der Waals surface area contributed by atoms with Gasteiger partial charge in [0.2, 0.25) is 0 Å². The number of rotatable bonds is 10. The Bertz CT molecular complexity index is 302. The van der Waals surface area contributed by atoms with E-state index in [1.165, 1.54) is 19.3 Å². The van der Waals surface area contributed by atoms with Crippen LogP contribution in [-0.4, -0.2) is 51.5 Å². The molecule has 0 spiro atoms. The Labute approximate surface area is 136 Å². The first-order chi connectivity index (χ1) is 10.6. The first-order valence-corrected chi connectivity index (χ1v) is 8.78. The van der Waals surface area contributed by atoms with Gasteiger partial charge in [0.25, 0.3) is 0 Å². The first-order valence-electron chi connectivity index (χ1n) is 8.78. The van der Waals surface area contributed by atoms with Crippen LogP contribution in [0.5, 0.6) is 0 Å². The van der Waals surface area contributed by atoms with Crippen molar-refractivity contribution in [2.45, 2.75) is 65.0 Å². The van der Waals surface area contributed by atoms with Gasteiger partial charge in [-0.15, -0.1) is 0 Å². The van der Waals surface area contributed by atoms with Crippen molar-refractivity contribution in [3.8, 4) is 0 Å². The molecule has 0 radical (unpaired) electrons. The van der Waals surface area contributed by atoms with Crippen LogP contribution in [0.25, 0.3) is 0 Å². The molecule has 1 aliphatic rings. The van der Waals surface area contributed by atoms with Gasteiger partial charge in [0, 0.05) is 32.8 Å². The van der Waals surface area contributed by atoms with E-state index in [0.717, 1.165) is 51.1 Å². The number of hydrogen-bond acceptors (Lipinski definition) is 3. The highest BCUT2D eigenvalue weighted by atomic mass is 16.5. The molecule has 2 atom stereocenters. The van der Waals surface area contributed by atoms with Crippen LogP contribution in [0.4, 0.5) is 0 Å². The summed E-state index contributed by atoms with van der Waals surface area (Å²) in [6, 6.07) is 0.448. The van der Waals surface area contributed by atoms with Gasteiger partial charge in [0.1, 0.15) is 0 Å². The Morgan fingerprint density at radius 1 is 1.32 bits per heavy atom. The number of ether oxygens (including phenoxy) is 2. The molecule has 0 aromatic rings. The maximum Gasteiger partial charge on any atom is 0.191 e. The smallest absolute Gasteiger partial charge is 0.191 e. The fourth-order valence-corrected chi connectivity index (χ4v) is 2.46. The van der Waals surface area contributed by atoms with E-state index in [2.05, 4.69) is 36.4 Å². The molecule has 1 rings (SSSR count). The number of aliphatic imine (C=N–C) groups is 1. The summed E-state index contributed by atoms with van der Waals surface area (Å²) in [5, 5.41) is 6.78. The molecule has 0 bridgehead atoms. The minimum absolute atomic E-state index is 0.323. The third kappa shape index (κ3) is 9.26. The fraction of sp³-hybridized carbons (Fsp3) is 0.941. The van der Waals surface area contributed by atoms with Crippen LogP contribution in [0.15, 0.2) is 4.99 Å². The zero-order valence-corrected chi connectivity index (χ0v) is 14.9. The van der Waals surface area contributed by atoms with Gasteiger partial charge in [-0.2, -0.15) is 0 Å². The van der Waals surface area contributed by atoms with E-state index >= 15 is 0 Å². The van der Waals surface area contributed by atoms with E-state index in [9.17, 15) is 0 Å². The second-order valence-corrected chi connectivity index (χ2v) is 6.58. The fourth-order valence-electron chi connectivity index (χ4n) is 2.46. The van der Waals surface area contributed by atoms with Crippen LogP contribution < -0.4 is 10.6 Å². The SMILES string of the molecule is CN=C(NCCCOCC1CCCO1)NC(C)CCC(C)C. The second-order valence-electron chi connectivity index (χ2n) is 6.58. The van der Waals surface area contributed by atoms with Crippen molar-refractivity contribution in [1.82, 2.24) is 10.6 Å². The van der Waals surface area contributed by atoms with E-state index in [0.29, 0.717) is 12.1 Å². The molecule has 0 aromatic heterocycles. The molecule has 0 saturated carbocycles. The Morgan fingerprint density at radius 2 is 2.14 bits per heavy atom. The molecule has 1 fully saturated rings. The number of nitrogens with one attached hydrogen (secondary N) is 2. The van der Waals surface area contributed by atoms with E-state index in [-0.39, 0.29) is 0 Å². The Balaban J connectivity index is 2.00. The van der Waals surface area contributed by atoms with Gasteiger partial charge < -0.3 is 20.1 Å². The molecule has 0 aromatic carbocycles. The van der Waals surface area contributed by atoms with Crippen LogP contribution in [0.2, 0.25) is 0 Å². The van der Waals surface area contributed by atoms with Crippen LogP contribution in [0.3, 0.4) is 0 Å². The quantitative estimate of drug-likeness (QED) is 0.370. The summed E-state index contributed by atoms with van der Waals surface area (Å²) in [4.78, 5) is 4.27. The van der Waals surface area contributed by atoms with E-state index in [1.807, 2.05) is 7.05 Å². The highest BCUT2D eigenvalue weighted by molar-refractivity contribution is 5.79. The van der Waals surface area contributed by atoms with Gasteiger partial charge in [0.05, 0.1) is 12.7 Å². The van der Waals surface area contributed by atoms with Crippen molar-refractivity contribution in [1.29, 1.82) is 0 Å². The standard InChI is InChI=1S/C17H35N3O2/c1-14(2)8-9-15(3)20-17(18-4)19-10-6-11-21-13-16-7-5-12-22-16/h14-16H,5-13H2,1-4H3,(H2,18,19,20). The Morgan fingerprint density at radius 3 is 2.77 bits per heavy atom. The molecule has 5 nitrogen and oxygen atoms in total. The summed E-state index contributed by atoms with van der Waals surface area (Å²) < 4.78 is 11.2. The van der Waals surface area contributed by atoms with Crippen molar-refractivity contribution in [3.05, 3.63) is 0 Å². The summed E-state index contributed by atoms with van der Waals surface area (Å²) in [5.41, 5.74) is 0. The number of nitrogens with zero attached hydrogens (tertiary/aromatic N) is 1. The lowest BCUT2D eigenvalue weighted by Gasteiger charge is -2.18. The van der Waals surface area contributed by atoms with Crippen LogP contribution >= 0.6 is 0 Å². The molecule has 0 aliphatic carbocycles. The maximum atomic E-state index is 5.65. The largest absolute Gasteiger partial charge is 0.379 e. The lowest BCUT2D eigenvalue weighted by atomic mass is 10.0. The molecule has 1 saturated heterocycles. The highest BCUT2D eigenvalue weighted by Gasteiger charge is 2.14. The van der Waals surface area contributed by atoms with Crippen molar-refractivity contribution >= 4 is 5.96 Å². The van der Waals surface area contributed by atoms with E-state index < -0.39 is 0 Å². The summed E-state index contributed by atoms with van der Waals surface area (Å²) in [7, 11) is 1.82. The van der Waals surface area contributed by atoms with Crippen LogP contribution in [-0.2, 0) is 9.47 Å². The summed E-state index contributed by atoms with van der Waals surface area (Å²) >= 11 is 0. The van der Waals surface area contributed by atoms with E-state index in [4.69, 9.17) is 9.47 Å². The molecular weight excluding hydrogens is 278 g/mol. The molecular formula is C17H35N3O2. The van der Waals surface area contributed by atoms with Crippen molar-refractivity contribution in [2.24, 2.45) is 10.9 Å². The average Bonchev–Trinajstić information content (AvgIpc) is 3.00. The summed E-state index contributed by atoms with van der Waals surface area (Å²) in [6.07, 6.45) is 6.03. The Kier molecular flexibility index (Phi) is 10.2. The van der Waals surface area contributed by atoms with Gasteiger partial charge >= 0.3 is 0 Å². The maximum absolute atomic E-state index is 5.65. The molecule has 130 valence electrons. The molecule has 1 heterocycles. The predicted octanol–water partition coefficient (Wildman–Crippen LogP) is 2.56. The van der Waals surface area contributed by atoms with Gasteiger partial charge in [-0.1, -0.05) is 13.8 Å². The summed E-state index contributed by atoms with van der Waals surface area (Å²) in [6.45, 7) is 10.0. The molecule has 2 N–H and O–H groups in total. The van der Waals surface area contributed by atoms with Crippen LogP contribution in [0, 0.1) is 5.92 Å². The third-order valence-corrected chi connectivity index (χ3v) is 3.87. The van der Waals surface area contributed by atoms with Crippen LogP contribution in [0.1, 0.15) is 52.9 Å². The van der Waals surface area contributed by atoms with E-state index in [1.54, 1.807) is 0 Å². The van der Waals surface area contributed by atoms with Crippen molar-refractivity contribution < 1.29 is 9.47 Å². The van der Waals surface area contributed by atoms with Gasteiger partial charge in [-0.05, 0) is 44.9 Å². The number of guanidine groups is 1. The van der Waals surface area contributed by atoms with Gasteiger partial charge in [-0.25, -0.2) is 0 Å². The first kappa shape index (κ1) is 19.2. The minimum Gasteiger partial charge on any atom is -0.379 e. The topological polar surface area (TPSA) is 54.9 Å². The zero-order chi connectivity index (χ0) is 16.2. The second kappa shape index (κ2) is 11.7. The Hall–Kier alpha value is -0.810. The normalized spacial score (nSPS) is 20.4. The monoisotopic (exact) mass is 313 g/mol. The number of hydrogen-bond donors (Lipinski definition) is 2. The summed E-state index contributed by atoms with van der Waals surface area (Å²) in [5.74, 6) is 1.63. The molecule has 5 heteroatoms. The lowest BCUT2D eigenvalue weighted by molar-refractivity contribution is 0.0168. The molecule has 1 aliphatic heterocycles. The minimum atomic E-state index is 0.323. The zero-order valence-electron chi connectivity index (χ0n) is 14.9. The van der Waals surface area contributed by atoms with Gasteiger partial charge in [-0.3, -0.25) is 4.99 Å². The average molecular weight is 313 g/mol. The molecule has 22 heavy (non-hydrogen) atoms. The molecule has 2 unspecified atom stereocenters. The van der Waals surface area contributed by atoms with Gasteiger partial charge in [0.15, 0.2) is 5.96 Å². The predicted molar refractivity (Wildman–Crippen MR) is 92.4 cm³/mol. The molecule has 0 amide bonds. The van der Waals surface area contributed by atoms with Crippen molar-refractivity contribution in [3.63, 3.8) is 0 Å². The third-order valence-electron chi connectivity index (χ3n) is 3.87. The lowest BCUT2D eigenvalue weighted by Crippen LogP contribution is -2.42.